The Morgan fingerprint density at radius 1 is 1.33 bits per heavy atom. The normalized spacial score (nSPS) is 13.0. The van der Waals surface area contributed by atoms with Crippen molar-refractivity contribution in [2.24, 2.45) is 5.92 Å². The number of carbonyl (C=O) groups is 1. The number of Topliss-reactive ketones (excluding diaryl/α,β-unsaturated/α-hetero) is 1. The van der Waals surface area contributed by atoms with Gasteiger partial charge in [0.25, 0.3) is 0 Å². The lowest BCUT2D eigenvalue weighted by atomic mass is 10.0. The average molecular weight is 327 g/mol. The molecule has 0 aromatic carbocycles. The van der Waals surface area contributed by atoms with Gasteiger partial charge in [0.05, 0.1) is 6.61 Å². The van der Waals surface area contributed by atoms with Crippen LogP contribution in [0.1, 0.15) is 51.5 Å². The Hall–Kier alpha value is -0.453. The third-order valence-corrected chi connectivity index (χ3v) is 9.98. The minimum atomic E-state index is -1.71. The highest BCUT2D eigenvalue weighted by atomic mass is 32.1. The summed E-state index contributed by atoms with van der Waals surface area (Å²) < 4.78 is 6.29. The predicted molar refractivity (Wildman–Crippen MR) is 94.5 cm³/mol. The monoisotopic (exact) mass is 326 g/mol. The number of carbonyl (C=O) groups excluding carboxylic acids is 1. The summed E-state index contributed by atoms with van der Waals surface area (Å²) in [5.41, 5.74) is 1.27. The fraction of sp³-hybridized carbons (Fsp3) is 0.706. The number of hydrogen-bond donors (Lipinski definition) is 0. The Balaban J connectivity index is 2.62. The Bertz CT molecular complexity index is 469. The summed E-state index contributed by atoms with van der Waals surface area (Å²) in [6, 6.07) is 2.15. The van der Waals surface area contributed by atoms with E-state index in [1.807, 2.05) is 13.8 Å². The van der Waals surface area contributed by atoms with Gasteiger partial charge < -0.3 is 4.43 Å². The number of hydrogen-bond acceptors (Lipinski definition) is 3. The van der Waals surface area contributed by atoms with E-state index >= 15 is 0 Å². The quantitative estimate of drug-likeness (QED) is 0.625. The minimum Gasteiger partial charge on any atom is -0.413 e. The fourth-order valence-electron chi connectivity index (χ4n) is 1.72. The molecule has 0 amide bonds. The zero-order valence-corrected chi connectivity index (χ0v) is 16.4. The first-order valence-electron chi connectivity index (χ1n) is 7.76. The first kappa shape index (κ1) is 18.6. The summed E-state index contributed by atoms with van der Waals surface area (Å²) in [6.07, 6.45) is 1.50. The molecular weight excluding hydrogens is 296 g/mol. The molecule has 1 rings (SSSR count). The molecule has 0 saturated carbocycles. The summed E-state index contributed by atoms with van der Waals surface area (Å²) >= 11 is 1.74. The van der Waals surface area contributed by atoms with E-state index in [2.05, 4.69) is 45.3 Å². The molecule has 0 aliphatic carbocycles. The second-order valence-electron chi connectivity index (χ2n) is 7.54. The van der Waals surface area contributed by atoms with Gasteiger partial charge in [0, 0.05) is 17.2 Å². The molecule has 21 heavy (non-hydrogen) atoms. The molecule has 0 fully saturated rings. The van der Waals surface area contributed by atoms with Crippen molar-refractivity contribution >= 4 is 25.4 Å². The second-order valence-corrected chi connectivity index (χ2v) is 13.3. The molecule has 0 N–H and O–H groups in total. The van der Waals surface area contributed by atoms with Gasteiger partial charge >= 0.3 is 0 Å². The van der Waals surface area contributed by atoms with Crippen LogP contribution in [0.5, 0.6) is 0 Å². The highest BCUT2D eigenvalue weighted by molar-refractivity contribution is 7.10. The standard InChI is InChI=1S/C17H30O2SSi/c1-13(2)15(18)8-9-16-14(10-11-20-16)12-19-21(6,7)17(3,4)5/h10-11,13H,8-9,12H2,1-7H3. The van der Waals surface area contributed by atoms with Crippen molar-refractivity contribution in [2.75, 3.05) is 0 Å². The molecule has 1 aromatic heterocycles. The van der Waals surface area contributed by atoms with Crippen molar-refractivity contribution in [1.29, 1.82) is 0 Å². The Morgan fingerprint density at radius 3 is 2.48 bits per heavy atom. The van der Waals surface area contributed by atoms with Crippen LogP contribution in [-0.4, -0.2) is 14.1 Å². The molecule has 0 spiro atoms. The van der Waals surface area contributed by atoms with E-state index in [0.29, 0.717) is 18.8 Å². The van der Waals surface area contributed by atoms with Crippen molar-refractivity contribution in [3.8, 4) is 0 Å². The Labute approximate surface area is 135 Å². The Kier molecular flexibility index (Phi) is 6.38. The third kappa shape index (κ3) is 5.35. The number of rotatable bonds is 7. The van der Waals surface area contributed by atoms with E-state index in [1.54, 1.807) is 11.3 Å². The van der Waals surface area contributed by atoms with E-state index in [0.717, 1.165) is 6.42 Å². The van der Waals surface area contributed by atoms with Crippen LogP contribution in [0.15, 0.2) is 11.4 Å². The fourth-order valence-corrected chi connectivity index (χ4v) is 3.56. The lowest BCUT2D eigenvalue weighted by molar-refractivity contribution is -0.121. The number of aryl methyl sites for hydroxylation is 1. The summed E-state index contributed by atoms with van der Waals surface area (Å²) in [6.45, 7) is 16.0. The zero-order chi connectivity index (χ0) is 16.3. The highest BCUT2D eigenvalue weighted by Crippen LogP contribution is 2.37. The maximum absolute atomic E-state index is 11.8. The van der Waals surface area contributed by atoms with Gasteiger partial charge in [-0.05, 0) is 41.6 Å². The van der Waals surface area contributed by atoms with Gasteiger partial charge in [-0.1, -0.05) is 34.6 Å². The summed E-state index contributed by atoms with van der Waals surface area (Å²) in [5.74, 6) is 0.483. The predicted octanol–water partition coefficient (Wildman–Crippen LogP) is 5.43. The van der Waals surface area contributed by atoms with E-state index < -0.39 is 8.32 Å². The summed E-state index contributed by atoms with van der Waals surface area (Å²) in [7, 11) is -1.71. The molecule has 0 aliphatic heterocycles. The maximum Gasteiger partial charge on any atom is 0.192 e. The molecule has 0 unspecified atom stereocenters. The van der Waals surface area contributed by atoms with Crippen molar-refractivity contribution < 1.29 is 9.22 Å². The summed E-state index contributed by atoms with van der Waals surface area (Å²) in [5, 5.41) is 2.34. The topological polar surface area (TPSA) is 26.3 Å². The van der Waals surface area contributed by atoms with Crippen LogP contribution < -0.4 is 0 Å². The van der Waals surface area contributed by atoms with Gasteiger partial charge in [-0.3, -0.25) is 4.79 Å². The van der Waals surface area contributed by atoms with Gasteiger partial charge in [0.1, 0.15) is 5.78 Å². The van der Waals surface area contributed by atoms with Crippen LogP contribution in [0.4, 0.5) is 0 Å². The van der Waals surface area contributed by atoms with Gasteiger partial charge in [-0.25, -0.2) is 0 Å². The first-order valence-corrected chi connectivity index (χ1v) is 11.6. The maximum atomic E-state index is 11.8. The lowest BCUT2D eigenvalue weighted by Crippen LogP contribution is -2.40. The molecule has 0 aliphatic rings. The Morgan fingerprint density at radius 2 is 1.95 bits per heavy atom. The van der Waals surface area contributed by atoms with Gasteiger partial charge in [-0.2, -0.15) is 0 Å². The van der Waals surface area contributed by atoms with Crippen LogP contribution in [0.2, 0.25) is 18.1 Å². The lowest BCUT2D eigenvalue weighted by Gasteiger charge is -2.36. The average Bonchev–Trinajstić information content (AvgIpc) is 2.79. The molecule has 1 heterocycles. The SMILES string of the molecule is CC(C)C(=O)CCc1sccc1CO[Si](C)(C)C(C)(C)C. The number of ketones is 1. The van der Waals surface area contributed by atoms with Crippen LogP contribution in [-0.2, 0) is 22.2 Å². The van der Waals surface area contributed by atoms with Crippen LogP contribution in [0, 0.1) is 5.92 Å². The molecule has 120 valence electrons. The van der Waals surface area contributed by atoms with E-state index in [4.69, 9.17) is 4.43 Å². The molecule has 0 saturated heterocycles. The molecule has 4 heteroatoms. The number of thiophene rings is 1. The highest BCUT2D eigenvalue weighted by Gasteiger charge is 2.37. The van der Waals surface area contributed by atoms with E-state index in [1.165, 1.54) is 10.4 Å². The van der Waals surface area contributed by atoms with Crippen molar-refractivity contribution in [1.82, 2.24) is 0 Å². The van der Waals surface area contributed by atoms with Crippen molar-refractivity contribution in [3.63, 3.8) is 0 Å². The van der Waals surface area contributed by atoms with Gasteiger partial charge in [-0.15, -0.1) is 11.3 Å². The van der Waals surface area contributed by atoms with E-state index in [-0.39, 0.29) is 11.0 Å². The van der Waals surface area contributed by atoms with Crippen LogP contribution >= 0.6 is 11.3 Å². The molecule has 1 aromatic rings. The molecule has 0 bridgehead atoms. The van der Waals surface area contributed by atoms with Crippen LogP contribution in [0.25, 0.3) is 0 Å². The van der Waals surface area contributed by atoms with Crippen molar-refractivity contribution in [3.05, 3.63) is 21.9 Å². The van der Waals surface area contributed by atoms with Crippen molar-refractivity contribution in [2.45, 2.75) is 72.2 Å². The van der Waals surface area contributed by atoms with E-state index in [9.17, 15) is 4.79 Å². The third-order valence-electron chi connectivity index (χ3n) is 4.47. The molecule has 0 atom stereocenters. The largest absolute Gasteiger partial charge is 0.413 e. The van der Waals surface area contributed by atoms with Crippen LogP contribution in [0.3, 0.4) is 0 Å². The second kappa shape index (κ2) is 7.21. The first-order chi connectivity index (χ1) is 9.54. The molecule has 2 nitrogen and oxygen atoms in total. The molecule has 0 radical (unpaired) electrons. The smallest absolute Gasteiger partial charge is 0.192 e. The van der Waals surface area contributed by atoms with Gasteiger partial charge in [0.15, 0.2) is 8.32 Å². The summed E-state index contributed by atoms with van der Waals surface area (Å²) in [4.78, 5) is 13.1. The molecular formula is C17H30O2SSi. The zero-order valence-electron chi connectivity index (χ0n) is 14.6. The minimum absolute atomic E-state index is 0.136. The van der Waals surface area contributed by atoms with Gasteiger partial charge in [0.2, 0.25) is 0 Å².